The molecule has 0 spiro atoms. The van der Waals surface area contributed by atoms with Gasteiger partial charge in [0.1, 0.15) is 0 Å². The Labute approximate surface area is 78.9 Å². The maximum Gasteiger partial charge on any atom is 0.0829 e. The monoisotopic (exact) mass is 182 g/mol. The Morgan fingerprint density at radius 1 is 1.23 bits per heavy atom. The Balaban J connectivity index is 1.61. The van der Waals surface area contributed by atoms with Crippen LogP contribution in [0, 0.1) is 5.92 Å². The summed E-state index contributed by atoms with van der Waals surface area (Å²) in [6.07, 6.45) is 5.31. The quantitative estimate of drug-likeness (QED) is 0.569. The van der Waals surface area contributed by atoms with Gasteiger partial charge in [0.05, 0.1) is 6.10 Å². The Kier molecular flexibility index (Phi) is 1.70. The lowest BCUT2D eigenvalue weighted by Crippen LogP contribution is -2.47. The van der Waals surface area contributed by atoms with E-state index < -0.39 is 0 Å². The zero-order valence-corrected chi connectivity index (χ0v) is 7.92. The molecule has 0 amide bonds. The predicted molar refractivity (Wildman–Crippen MR) is 50.5 cm³/mol. The first kappa shape index (κ1) is 8.21. The molecule has 3 rings (SSSR count). The number of β-amino-alcohol motifs (C(OH)–C–C–N with tert-alkyl or cyclic N) is 1. The second-order valence-corrected chi connectivity index (χ2v) is 4.91. The zero-order chi connectivity index (χ0) is 8.89. The molecule has 74 valence electrons. The van der Waals surface area contributed by atoms with Gasteiger partial charge in [-0.15, -0.1) is 0 Å². The predicted octanol–water partition coefficient (Wildman–Crippen LogP) is -0.149. The fraction of sp³-hybridized carbons (Fsp3) is 1.00. The molecule has 1 aliphatic heterocycles. The number of hydrogen-bond acceptors (Lipinski definition) is 3. The van der Waals surface area contributed by atoms with Gasteiger partial charge in [-0.05, 0) is 31.6 Å². The first-order chi connectivity index (χ1) is 6.30. The second kappa shape index (κ2) is 2.69. The van der Waals surface area contributed by atoms with E-state index in [2.05, 4.69) is 10.6 Å². The highest BCUT2D eigenvalue weighted by Crippen LogP contribution is 2.54. The first-order valence-electron chi connectivity index (χ1n) is 5.47. The molecule has 2 atom stereocenters. The van der Waals surface area contributed by atoms with Gasteiger partial charge in [-0.2, -0.15) is 0 Å². The van der Waals surface area contributed by atoms with Gasteiger partial charge < -0.3 is 15.7 Å². The number of hydrogen-bond donors (Lipinski definition) is 3. The molecule has 0 aromatic heterocycles. The lowest BCUT2D eigenvalue weighted by Gasteiger charge is -2.23. The molecule has 3 N–H and O–H groups in total. The lowest BCUT2D eigenvalue weighted by molar-refractivity contribution is 0.151. The summed E-state index contributed by atoms with van der Waals surface area (Å²) in [6, 6.07) is 0.308. The minimum Gasteiger partial charge on any atom is -0.390 e. The van der Waals surface area contributed by atoms with E-state index in [1.54, 1.807) is 0 Å². The first-order valence-corrected chi connectivity index (χ1v) is 5.47. The zero-order valence-electron chi connectivity index (χ0n) is 7.92. The van der Waals surface area contributed by atoms with Crippen LogP contribution in [0.1, 0.15) is 25.7 Å². The van der Waals surface area contributed by atoms with E-state index in [-0.39, 0.29) is 6.10 Å². The van der Waals surface area contributed by atoms with E-state index in [1.165, 1.54) is 25.7 Å². The summed E-state index contributed by atoms with van der Waals surface area (Å²) in [4.78, 5) is 0. The molecule has 3 nitrogen and oxygen atoms in total. The summed E-state index contributed by atoms with van der Waals surface area (Å²) < 4.78 is 0. The van der Waals surface area contributed by atoms with E-state index in [1.807, 2.05) is 0 Å². The summed E-state index contributed by atoms with van der Waals surface area (Å²) in [7, 11) is 0. The minimum absolute atomic E-state index is 0.170. The molecular weight excluding hydrogens is 164 g/mol. The van der Waals surface area contributed by atoms with Crippen LogP contribution in [-0.4, -0.2) is 35.9 Å². The SMILES string of the molecule is O[C@@H]1CNC[C@H]1NC1(C2CC2)CC1. The van der Waals surface area contributed by atoms with Gasteiger partial charge in [-0.1, -0.05) is 0 Å². The van der Waals surface area contributed by atoms with Gasteiger partial charge in [0.2, 0.25) is 0 Å². The van der Waals surface area contributed by atoms with Crippen molar-refractivity contribution in [1.29, 1.82) is 0 Å². The third kappa shape index (κ3) is 1.39. The highest BCUT2D eigenvalue weighted by molar-refractivity contribution is 5.13. The standard InChI is InChI=1S/C10H18N2O/c13-9-6-11-5-8(9)12-10(3-4-10)7-1-2-7/h7-9,11-13H,1-6H2/t8-,9-/m1/s1. The number of aliphatic hydroxyl groups is 1. The number of rotatable bonds is 3. The molecular formula is C10H18N2O. The average molecular weight is 182 g/mol. The van der Waals surface area contributed by atoms with Crippen molar-refractivity contribution in [2.45, 2.75) is 43.4 Å². The highest BCUT2D eigenvalue weighted by atomic mass is 16.3. The summed E-state index contributed by atoms with van der Waals surface area (Å²) in [5.74, 6) is 0.931. The smallest absolute Gasteiger partial charge is 0.0829 e. The van der Waals surface area contributed by atoms with Crippen LogP contribution in [0.3, 0.4) is 0 Å². The lowest BCUT2D eigenvalue weighted by atomic mass is 10.1. The van der Waals surface area contributed by atoms with E-state index in [4.69, 9.17) is 0 Å². The molecule has 2 saturated carbocycles. The fourth-order valence-corrected chi connectivity index (χ4v) is 2.62. The van der Waals surface area contributed by atoms with Crippen molar-refractivity contribution in [1.82, 2.24) is 10.6 Å². The van der Waals surface area contributed by atoms with Gasteiger partial charge in [-0.3, -0.25) is 0 Å². The van der Waals surface area contributed by atoms with Gasteiger partial charge in [0, 0.05) is 24.7 Å². The largest absolute Gasteiger partial charge is 0.390 e. The van der Waals surface area contributed by atoms with Gasteiger partial charge in [0.15, 0.2) is 0 Å². The molecule has 1 heterocycles. The van der Waals surface area contributed by atoms with Crippen molar-refractivity contribution in [3.05, 3.63) is 0 Å². The molecule has 2 aliphatic carbocycles. The molecule has 3 aliphatic rings. The van der Waals surface area contributed by atoms with Crippen molar-refractivity contribution in [3.8, 4) is 0 Å². The van der Waals surface area contributed by atoms with Crippen LogP contribution in [0.25, 0.3) is 0 Å². The van der Waals surface area contributed by atoms with E-state index in [0.29, 0.717) is 11.6 Å². The second-order valence-electron chi connectivity index (χ2n) is 4.91. The number of nitrogens with one attached hydrogen (secondary N) is 2. The van der Waals surface area contributed by atoms with Crippen LogP contribution in [0.2, 0.25) is 0 Å². The van der Waals surface area contributed by atoms with Crippen LogP contribution in [0.4, 0.5) is 0 Å². The normalized spacial score (nSPS) is 42.2. The molecule has 0 unspecified atom stereocenters. The van der Waals surface area contributed by atoms with Crippen LogP contribution in [0.15, 0.2) is 0 Å². The van der Waals surface area contributed by atoms with Crippen LogP contribution in [0.5, 0.6) is 0 Å². The van der Waals surface area contributed by atoms with E-state index >= 15 is 0 Å². The third-order valence-electron chi connectivity index (χ3n) is 3.80. The molecule has 0 aromatic rings. The Hall–Kier alpha value is -0.120. The van der Waals surface area contributed by atoms with Crippen LogP contribution in [-0.2, 0) is 0 Å². The summed E-state index contributed by atoms with van der Waals surface area (Å²) in [6.45, 7) is 1.70. The summed E-state index contributed by atoms with van der Waals surface area (Å²) in [5.41, 5.74) is 0.456. The molecule has 3 heteroatoms. The molecule has 1 saturated heterocycles. The molecule has 3 fully saturated rings. The van der Waals surface area contributed by atoms with Crippen molar-refractivity contribution in [2.24, 2.45) is 5.92 Å². The van der Waals surface area contributed by atoms with Crippen molar-refractivity contribution >= 4 is 0 Å². The van der Waals surface area contributed by atoms with Gasteiger partial charge in [0.25, 0.3) is 0 Å². The van der Waals surface area contributed by atoms with Gasteiger partial charge in [-0.25, -0.2) is 0 Å². The fourth-order valence-electron chi connectivity index (χ4n) is 2.62. The maximum atomic E-state index is 9.66. The molecule has 0 aromatic carbocycles. The van der Waals surface area contributed by atoms with Crippen LogP contribution >= 0.6 is 0 Å². The van der Waals surface area contributed by atoms with Crippen LogP contribution < -0.4 is 10.6 Å². The van der Waals surface area contributed by atoms with Crippen molar-refractivity contribution < 1.29 is 5.11 Å². The Bertz CT molecular complexity index is 211. The van der Waals surface area contributed by atoms with E-state index in [0.717, 1.165) is 19.0 Å². The average Bonchev–Trinajstić information content (AvgIpc) is 2.97. The van der Waals surface area contributed by atoms with Crippen molar-refractivity contribution in [2.75, 3.05) is 13.1 Å². The van der Waals surface area contributed by atoms with Gasteiger partial charge >= 0.3 is 0 Å². The molecule has 13 heavy (non-hydrogen) atoms. The maximum absolute atomic E-state index is 9.66. The molecule has 0 radical (unpaired) electrons. The summed E-state index contributed by atoms with van der Waals surface area (Å²) >= 11 is 0. The van der Waals surface area contributed by atoms with Crippen molar-refractivity contribution in [3.63, 3.8) is 0 Å². The molecule has 0 bridgehead atoms. The summed E-state index contributed by atoms with van der Waals surface area (Å²) in [5, 5.41) is 16.5. The minimum atomic E-state index is -0.170. The topological polar surface area (TPSA) is 44.3 Å². The third-order valence-corrected chi connectivity index (χ3v) is 3.80. The highest BCUT2D eigenvalue weighted by Gasteiger charge is 2.55. The Morgan fingerprint density at radius 2 is 2.00 bits per heavy atom. The Morgan fingerprint density at radius 3 is 2.46 bits per heavy atom. The van der Waals surface area contributed by atoms with E-state index in [9.17, 15) is 5.11 Å². The number of aliphatic hydroxyl groups excluding tert-OH is 1.